The maximum atomic E-state index is 12.7. The van der Waals surface area contributed by atoms with E-state index in [9.17, 15) is 57.9 Å². The van der Waals surface area contributed by atoms with E-state index in [0.717, 1.165) is 41.8 Å². The number of rotatable bonds is 28. The molecule has 0 aromatic carbocycles. The Morgan fingerprint density at radius 1 is 1.00 bits per heavy atom. The van der Waals surface area contributed by atoms with Crippen LogP contribution in [-0.2, 0) is 50.7 Å². The first-order valence-corrected chi connectivity index (χ1v) is 25.1. The fraction of sp³-hybridized carbons (Fsp3) is 0.600. The lowest BCUT2D eigenvalue weighted by molar-refractivity contribution is -0.137. The number of allylic oxidation sites excluding steroid dienone is 6. The van der Waals surface area contributed by atoms with Gasteiger partial charge in [0, 0.05) is 37.1 Å². The molecule has 0 bridgehead atoms. The van der Waals surface area contributed by atoms with Crippen molar-refractivity contribution >= 4 is 69.1 Å². The topological polar surface area (TPSA) is 364 Å². The first-order valence-electron chi connectivity index (χ1n) is 19.6. The number of nitrogens with one attached hydrogen (secondary N) is 2. The van der Waals surface area contributed by atoms with Gasteiger partial charge in [-0.15, -0.1) is 0 Å². The molecule has 1 aliphatic rings. The molecular weight excluding hydrogens is 915 g/mol. The van der Waals surface area contributed by atoms with Crippen molar-refractivity contribution in [1.29, 1.82) is 0 Å². The van der Waals surface area contributed by atoms with E-state index in [2.05, 4.69) is 53.5 Å². The summed E-state index contributed by atoms with van der Waals surface area (Å²) in [6, 6.07) is 0. The van der Waals surface area contributed by atoms with E-state index in [-0.39, 0.29) is 48.0 Å². The molecule has 63 heavy (non-hydrogen) atoms. The number of phosphoric acid groups is 3. The molecule has 10 N–H and O–H groups in total. The third kappa shape index (κ3) is 19.0. The summed E-state index contributed by atoms with van der Waals surface area (Å²) in [6.45, 7) is 2.65. The molecule has 1 fully saturated rings. The van der Waals surface area contributed by atoms with Crippen LogP contribution in [0, 0.1) is 5.41 Å². The maximum absolute atomic E-state index is 12.7. The highest BCUT2D eigenvalue weighted by Crippen LogP contribution is 2.61. The Morgan fingerprint density at radius 2 is 1.71 bits per heavy atom. The van der Waals surface area contributed by atoms with E-state index in [1.807, 2.05) is 18.2 Å². The van der Waals surface area contributed by atoms with Crippen molar-refractivity contribution in [2.75, 3.05) is 37.8 Å². The molecule has 0 radical (unpaired) electrons. The SMILES string of the molecule is CCCCC/C=C\C/C=C\C=C\CC(=O)SCCNC(=O)CCNC(=O)[C@H](O)C(C)(C)COP(=O)(O)OP(=O)(O)OC[C@H]1O[C@@H](n2cnc3c(N)ncnc32)[C@H](O)[C@@H]1OP(=O)(O)O. The van der Waals surface area contributed by atoms with Crippen molar-refractivity contribution in [1.82, 2.24) is 30.2 Å². The number of carbonyl (C=O) groups is 3. The van der Waals surface area contributed by atoms with Gasteiger partial charge in [-0.25, -0.2) is 28.6 Å². The minimum absolute atomic E-state index is 0.0298. The summed E-state index contributed by atoms with van der Waals surface area (Å²) < 4.78 is 62.3. The van der Waals surface area contributed by atoms with Crippen molar-refractivity contribution in [2.24, 2.45) is 5.41 Å². The van der Waals surface area contributed by atoms with Gasteiger partial charge in [-0.2, -0.15) is 4.31 Å². The third-order valence-electron chi connectivity index (χ3n) is 8.85. The smallest absolute Gasteiger partial charge is 0.386 e. The maximum Gasteiger partial charge on any atom is 0.481 e. The molecule has 2 aromatic rings. The van der Waals surface area contributed by atoms with E-state index in [4.69, 9.17) is 19.5 Å². The number of aromatic nitrogens is 4. The predicted octanol–water partition coefficient (Wildman–Crippen LogP) is 2.69. The number of carbonyl (C=O) groups excluding carboxylic acids is 3. The number of hydrogen-bond donors (Lipinski definition) is 9. The molecule has 2 unspecified atom stereocenters. The molecular formula is C35H56N7O17P3S. The number of thioether (sulfide) groups is 1. The normalized spacial score (nSPS) is 21.0. The number of nitrogen functional groups attached to an aromatic ring is 1. The number of fused-ring (bicyclic) bond motifs is 1. The lowest BCUT2D eigenvalue weighted by Gasteiger charge is -2.30. The summed E-state index contributed by atoms with van der Waals surface area (Å²) in [6.07, 6.45) is 10.5. The molecule has 354 valence electrons. The molecule has 7 atom stereocenters. The fourth-order valence-electron chi connectivity index (χ4n) is 5.56. The molecule has 1 saturated heterocycles. The van der Waals surface area contributed by atoms with Crippen LogP contribution in [0.25, 0.3) is 11.2 Å². The Labute approximate surface area is 367 Å². The van der Waals surface area contributed by atoms with Crippen molar-refractivity contribution in [3.63, 3.8) is 0 Å². The van der Waals surface area contributed by atoms with E-state index < -0.39 is 84.6 Å². The summed E-state index contributed by atoms with van der Waals surface area (Å²) in [5, 5.41) is 26.4. The second-order valence-corrected chi connectivity index (χ2v) is 19.9. The van der Waals surface area contributed by atoms with Crippen LogP contribution in [0.1, 0.15) is 71.9 Å². The largest absolute Gasteiger partial charge is 0.481 e. The predicted molar refractivity (Wildman–Crippen MR) is 228 cm³/mol. The average molecular weight is 972 g/mol. The molecule has 24 nitrogen and oxygen atoms in total. The van der Waals surface area contributed by atoms with Crippen LogP contribution < -0.4 is 16.4 Å². The minimum Gasteiger partial charge on any atom is -0.386 e. The summed E-state index contributed by atoms with van der Waals surface area (Å²) >= 11 is 1.06. The number of ether oxygens (including phenoxy) is 1. The zero-order valence-electron chi connectivity index (χ0n) is 34.8. The third-order valence-corrected chi connectivity index (χ3v) is 12.8. The monoisotopic (exact) mass is 971 g/mol. The number of nitrogens with two attached hydrogens (primary N) is 1. The Morgan fingerprint density at radius 3 is 2.43 bits per heavy atom. The molecule has 0 saturated carbocycles. The highest BCUT2D eigenvalue weighted by molar-refractivity contribution is 8.13. The number of aliphatic hydroxyl groups excluding tert-OH is 2. The molecule has 0 spiro atoms. The van der Waals surface area contributed by atoms with Crippen LogP contribution in [0.4, 0.5) is 5.82 Å². The van der Waals surface area contributed by atoms with Gasteiger partial charge in [0.15, 0.2) is 22.8 Å². The number of nitrogens with zero attached hydrogens (tertiary/aromatic N) is 4. The Kier molecular flexibility index (Phi) is 21.9. The zero-order chi connectivity index (χ0) is 46.8. The van der Waals surface area contributed by atoms with Gasteiger partial charge in [0.25, 0.3) is 0 Å². The molecule has 1 aliphatic heterocycles. The van der Waals surface area contributed by atoms with Crippen LogP contribution in [0.5, 0.6) is 0 Å². The van der Waals surface area contributed by atoms with Crippen molar-refractivity contribution in [3.05, 3.63) is 49.1 Å². The summed E-state index contributed by atoms with van der Waals surface area (Å²) in [5.41, 5.74) is 4.26. The van der Waals surface area contributed by atoms with Crippen molar-refractivity contribution < 1.29 is 80.5 Å². The lowest BCUT2D eigenvalue weighted by atomic mass is 9.87. The molecule has 3 rings (SSSR count). The second kappa shape index (κ2) is 25.5. The van der Waals surface area contributed by atoms with Gasteiger partial charge < -0.3 is 50.9 Å². The van der Waals surface area contributed by atoms with Gasteiger partial charge in [-0.05, 0) is 19.3 Å². The standard InChI is InChI=1S/C35H56N7O17P3S/c1-4-5-6-7-8-9-10-11-12-13-14-15-26(44)63-19-18-37-25(43)16-17-38-33(47)30(46)35(2,3)21-56-62(53,54)59-61(51,52)55-20-24-29(58-60(48,49)50)28(45)34(57-24)42-23-41-27-31(36)39-22-40-32(27)42/h8-9,11-14,22-24,28-30,34,45-46H,4-7,10,15-21H2,1-3H3,(H,37,43)(H,38,47)(H,51,52)(H,53,54)(H2,36,39,40)(H2,48,49,50)/b9-8-,12-11-,14-13+/t24-,28-,29-,30+,34-/m1/s1. The van der Waals surface area contributed by atoms with E-state index in [1.165, 1.54) is 33.1 Å². The molecule has 3 heterocycles. The van der Waals surface area contributed by atoms with Gasteiger partial charge in [0.2, 0.25) is 11.8 Å². The number of aliphatic hydroxyl groups is 2. The Bertz CT molecular complexity index is 2070. The van der Waals surface area contributed by atoms with Crippen molar-refractivity contribution in [3.8, 4) is 0 Å². The number of phosphoric ester groups is 3. The van der Waals surface area contributed by atoms with Gasteiger partial charge in [-0.1, -0.05) is 81.8 Å². The zero-order valence-corrected chi connectivity index (χ0v) is 38.3. The van der Waals surface area contributed by atoms with E-state index in [0.29, 0.717) is 5.75 Å². The molecule has 0 aliphatic carbocycles. The number of anilines is 1. The summed E-state index contributed by atoms with van der Waals surface area (Å²) in [4.78, 5) is 88.0. The summed E-state index contributed by atoms with van der Waals surface area (Å²) in [7, 11) is -16.4. The van der Waals surface area contributed by atoms with Crippen LogP contribution in [-0.4, -0.2) is 123 Å². The fourth-order valence-corrected chi connectivity index (χ4v) is 9.03. The van der Waals surface area contributed by atoms with Crippen LogP contribution in [0.2, 0.25) is 0 Å². The quantitative estimate of drug-likeness (QED) is 0.0256. The van der Waals surface area contributed by atoms with Crippen LogP contribution in [0.15, 0.2) is 49.1 Å². The summed E-state index contributed by atoms with van der Waals surface area (Å²) in [5.74, 6) is -1.13. The minimum atomic E-state index is -5.58. The Balaban J connectivity index is 1.38. The second-order valence-electron chi connectivity index (χ2n) is 14.6. The number of imidazole rings is 1. The van der Waals surface area contributed by atoms with Crippen LogP contribution >= 0.6 is 35.2 Å². The van der Waals surface area contributed by atoms with Gasteiger partial charge in [0.05, 0.1) is 19.5 Å². The lowest BCUT2D eigenvalue weighted by Crippen LogP contribution is -2.46. The number of amides is 2. The van der Waals surface area contributed by atoms with Gasteiger partial charge >= 0.3 is 23.5 Å². The Hall–Kier alpha value is -3.22. The number of hydrogen-bond acceptors (Lipinski definition) is 18. The number of unbranched alkanes of at least 4 members (excludes halogenated alkanes) is 3. The average Bonchev–Trinajstić information content (AvgIpc) is 3.76. The van der Waals surface area contributed by atoms with Gasteiger partial charge in [0.1, 0.15) is 36.3 Å². The first kappa shape index (κ1) is 54.1. The van der Waals surface area contributed by atoms with E-state index in [1.54, 1.807) is 6.08 Å². The molecule has 2 amide bonds. The van der Waals surface area contributed by atoms with E-state index >= 15 is 0 Å². The first-order chi connectivity index (χ1) is 29.6. The highest BCUT2D eigenvalue weighted by atomic mass is 32.2. The van der Waals surface area contributed by atoms with Crippen LogP contribution in [0.3, 0.4) is 0 Å². The van der Waals surface area contributed by atoms with Gasteiger partial charge in [-0.3, -0.25) is 32.5 Å². The molecule has 2 aromatic heterocycles. The highest BCUT2D eigenvalue weighted by Gasteiger charge is 2.50. The van der Waals surface area contributed by atoms with Crippen molar-refractivity contribution in [2.45, 2.75) is 96.4 Å². The molecule has 28 heteroatoms.